The normalized spacial score (nSPS) is 32.1. The van der Waals surface area contributed by atoms with E-state index in [1.54, 1.807) is 0 Å². The minimum Gasteiger partial charge on any atom is -0.314 e. The van der Waals surface area contributed by atoms with Gasteiger partial charge in [0.1, 0.15) is 0 Å². The molecule has 2 rings (SSSR count). The number of hydrogen-bond acceptors (Lipinski definition) is 2. The molecule has 19 heavy (non-hydrogen) atoms. The summed E-state index contributed by atoms with van der Waals surface area (Å²) in [5, 5.41) is 3.71. The van der Waals surface area contributed by atoms with Crippen molar-refractivity contribution in [1.82, 2.24) is 10.2 Å². The van der Waals surface area contributed by atoms with Crippen LogP contribution < -0.4 is 5.32 Å². The van der Waals surface area contributed by atoms with Crippen molar-refractivity contribution in [2.75, 3.05) is 19.6 Å². The quantitative estimate of drug-likeness (QED) is 0.817. The fourth-order valence-corrected chi connectivity index (χ4v) is 4.06. The van der Waals surface area contributed by atoms with Gasteiger partial charge in [-0.05, 0) is 50.5 Å². The van der Waals surface area contributed by atoms with Gasteiger partial charge in [-0.3, -0.25) is 0 Å². The highest BCUT2D eigenvalue weighted by Gasteiger charge is 2.37. The van der Waals surface area contributed by atoms with E-state index < -0.39 is 0 Å². The summed E-state index contributed by atoms with van der Waals surface area (Å²) in [5.41, 5.74) is 0.569. The van der Waals surface area contributed by atoms with E-state index in [1.165, 1.54) is 58.2 Å². The second-order valence-corrected chi connectivity index (χ2v) is 7.69. The van der Waals surface area contributed by atoms with Crippen molar-refractivity contribution in [3.05, 3.63) is 0 Å². The molecular weight excluding hydrogens is 232 g/mol. The molecule has 2 atom stereocenters. The van der Waals surface area contributed by atoms with Crippen molar-refractivity contribution in [2.24, 2.45) is 11.3 Å². The van der Waals surface area contributed by atoms with Crippen LogP contribution in [-0.2, 0) is 0 Å². The van der Waals surface area contributed by atoms with Crippen molar-refractivity contribution in [3.63, 3.8) is 0 Å². The fraction of sp³-hybridized carbons (Fsp3) is 1.00. The Bertz CT molecular complexity index is 268. The highest BCUT2D eigenvalue weighted by atomic mass is 15.2. The van der Waals surface area contributed by atoms with Gasteiger partial charge in [0.15, 0.2) is 0 Å². The molecule has 2 unspecified atom stereocenters. The van der Waals surface area contributed by atoms with Gasteiger partial charge in [0.05, 0.1) is 0 Å². The van der Waals surface area contributed by atoms with Gasteiger partial charge in [0.2, 0.25) is 0 Å². The molecular formula is C17H34N2. The van der Waals surface area contributed by atoms with E-state index in [-0.39, 0.29) is 0 Å². The molecule has 1 saturated heterocycles. The van der Waals surface area contributed by atoms with Crippen molar-refractivity contribution in [2.45, 2.75) is 78.3 Å². The molecule has 0 amide bonds. The van der Waals surface area contributed by atoms with E-state index in [9.17, 15) is 0 Å². The van der Waals surface area contributed by atoms with E-state index >= 15 is 0 Å². The zero-order valence-corrected chi connectivity index (χ0v) is 13.5. The third-order valence-corrected chi connectivity index (χ3v) is 5.36. The number of hydrogen-bond donors (Lipinski definition) is 1. The van der Waals surface area contributed by atoms with E-state index in [2.05, 4.69) is 37.9 Å². The molecule has 2 aliphatic rings. The molecule has 1 aliphatic heterocycles. The smallest absolute Gasteiger partial charge is 0.00697 e. The molecule has 1 saturated carbocycles. The Labute approximate surface area is 120 Å². The van der Waals surface area contributed by atoms with Crippen LogP contribution in [0.1, 0.15) is 66.2 Å². The first-order chi connectivity index (χ1) is 9.01. The van der Waals surface area contributed by atoms with Gasteiger partial charge in [0.25, 0.3) is 0 Å². The van der Waals surface area contributed by atoms with Crippen LogP contribution in [0.15, 0.2) is 0 Å². The molecule has 2 heteroatoms. The highest BCUT2D eigenvalue weighted by molar-refractivity contribution is 4.92. The molecule has 1 aliphatic carbocycles. The number of piperidine rings is 1. The lowest BCUT2D eigenvalue weighted by atomic mass is 9.83. The number of likely N-dealkylation sites (tertiary alicyclic amines) is 1. The van der Waals surface area contributed by atoms with Gasteiger partial charge in [-0.25, -0.2) is 0 Å². The van der Waals surface area contributed by atoms with Gasteiger partial charge in [-0.1, -0.05) is 33.6 Å². The van der Waals surface area contributed by atoms with Crippen LogP contribution in [-0.4, -0.2) is 36.6 Å². The fourth-order valence-electron chi connectivity index (χ4n) is 4.06. The standard InChI is InChI=1S/C17H34N2/c1-14(2)18-12-17(8-5-6-9-17)13-19-10-7-15(3)11-16(19)4/h14-16,18H,5-13H2,1-4H3. The summed E-state index contributed by atoms with van der Waals surface area (Å²) in [6.07, 6.45) is 8.56. The zero-order chi connectivity index (χ0) is 13.9. The Hall–Kier alpha value is -0.0800. The lowest BCUT2D eigenvalue weighted by Gasteiger charge is -2.43. The van der Waals surface area contributed by atoms with E-state index in [4.69, 9.17) is 0 Å². The molecule has 0 radical (unpaired) electrons. The SMILES string of the molecule is CC1CCN(CC2(CNC(C)C)CCCC2)C(C)C1. The lowest BCUT2D eigenvalue weighted by Crippen LogP contribution is -2.49. The van der Waals surface area contributed by atoms with Crippen LogP contribution in [0.4, 0.5) is 0 Å². The van der Waals surface area contributed by atoms with Crippen LogP contribution in [0.5, 0.6) is 0 Å². The molecule has 1 N–H and O–H groups in total. The molecule has 112 valence electrons. The van der Waals surface area contributed by atoms with Crippen LogP contribution in [0.25, 0.3) is 0 Å². The minimum absolute atomic E-state index is 0.569. The molecule has 0 aromatic rings. The summed E-state index contributed by atoms with van der Waals surface area (Å²) >= 11 is 0. The maximum atomic E-state index is 3.71. The second kappa shape index (κ2) is 6.58. The Balaban J connectivity index is 1.92. The van der Waals surface area contributed by atoms with Gasteiger partial charge in [0, 0.05) is 25.2 Å². The molecule has 0 spiro atoms. The minimum atomic E-state index is 0.569. The Morgan fingerprint density at radius 1 is 1.21 bits per heavy atom. The maximum Gasteiger partial charge on any atom is 0.00697 e. The Morgan fingerprint density at radius 2 is 1.89 bits per heavy atom. The molecule has 0 aromatic carbocycles. The average Bonchev–Trinajstić information content (AvgIpc) is 2.80. The predicted molar refractivity (Wildman–Crippen MR) is 83.5 cm³/mol. The number of nitrogens with one attached hydrogen (secondary N) is 1. The first kappa shape index (κ1) is 15.3. The predicted octanol–water partition coefficient (Wildman–Crippen LogP) is 3.67. The maximum absolute atomic E-state index is 3.71. The van der Waals surface area contributed by atoms with Crippen molar-refractivity contribution in [3.8, 4) is 0 Å². The van der Waals surface area contributed by atoms with E-state index in [1.807, 2.05) is 0 Å². The molecule has 2 fully saturated rings. The van der Waals surface area contributed by atoms with Crippen LogP contribution >= 0.6 is 0 Å². The zero-order valence-electron chi connectivity index (χ0n) is 13.5. The van der Waals surface area contributed by atoms with E-state index in [0.717, 1.165) is 12.0 Å². The first-order valence-corrected chi connectivity index (χ1v) is 8.48. The monoisotopic (exact) mass is 266 g/mol. The summed E-state index contributed by atoms with van der Waals surface area (Å²) in [6, 6.07) is 1.41. The summed E-state index contributed by atoms with van der Waals surface area (Å²) in [4.78, 5) is 2.79. The lowest BCUT2D eigenvalue weighted by molar-refractivity contribution is 0.0706. The molecule has 0 aromatic heterocycles. The topological polar surface area (TPSA) is 15.3 Å². The van der Waals surface area contributed by atoms with Gasteiger partial charge in [-0.15, -0.1) is 0 Å². The van der Waals surface area contributed by atoms with Crippen molar-refractivity contribution < 1.29 is 0 Å². The summed E-state index contributed by atoms with van der Waals surface area (Å²) < 4.78 is 0. The number of nitrogens with zero attached hydrogens (tertiary/aromatic N) is 1. The van der Waals surface area contributed by atoms with Crippen LogP contribution in [0.3, 0.4) is 0 Å². The highest BCUT2D eigenvalue weighted by Crippen LogP contribution is 2.39. The van der Waals surface area contributed by atoms with Gasteiger partial charge >= 0.3 is 0 Å². The van der Waals surface area contributed by atoms with Gasteiger partial charge in [-0.2, -0.15) is 0 Å². The molecule has 2 nitrogen and oxygen atoms in total. The second-order valence-electron chi connectivity index (χ2n) is 7.69. The van der Waals surface area contributed by atoms with E-state index in [0.29, 0.717) is 11.5 Å². The third-order valence-electron chi connectivity index (χ3n) is 5.36. The summed E-state index contributed by atoms with van der Waals surface area (Å²) in [5.74, 6) is 0.930. The Morgan fingerprint density at radius 3 is 2.47 bits per heavy atom. The largest absolute Gasteiger partial charge is 0.314 e. The van der Waals surface area contributed by atoms with Crippen molar-refractivity contribution >= 4 is 0 Å². The molecule has 1 heterocycles. The van der Waals surface area contributed by atoms with Crippen LogP contribution in [0, 0.1) is 11.3 Å². The third kappa shape index (κ3) is 4.19. The first-order valence-electron chi connectivity index (χ1n) is 8.48. The Kier molecular flexibility index (Phi) is 5.30. The van der Waals surface area contributed by atoms with Gasteiger partial charge < -0.3 is 10.2 Å². The van der Waals surface area contributed by atoms with Crippen LogP contribution in [0.2, 0.25) is 0 Å². The average molecular weight is 266 g/mol. The summed E-state index contributed by atoms with van der Waals surface area (Å²) in [6.45, 7) is 13.3. The number of rotatable bonds is 5. The molecule has 0 bridgehead atoms. The van der Waals surface area contributed by atoms with Crippen molar-refractivity contribution in [1.29, 1.82) is 0 Å². The summed E-state index contributed by atoms with van der Waals surface area (Å²) in [7, 11) is 0.